The third-order valence-corrected chi connectivity index (χ3v) is 6.57. The Bertz CT molecular complexity index is 1790. The van der Waals surface area contributed by atoms with Gasteiger partial charge in [-0.25, -0.2) is 22.0 Å². The predicted octanol–water partition coefficient (Wildman–Crippen LogP) is 9.88. The van der Waals surface area contributed by atoms with Crippen molar-refractivity contribution >= 4 is 16.8 Å². The Labute approximate surface area is 226 Å². The lowest BCUT2D eigenvalue weighted by Gasteiger charge is -2.12. The molecule has 0 aromatic heterocycles. The monoisotopic (exact) mass is 546 g/mol. The molecule has 0 atom stereocenters. The predicted molar refractivity (Wildman–Crippen MR) is 146 cm³/mol. The van der Waals surface area contributed by atoms with E-state index in [1.807, 2.05) is 0 Å². The van der Waals surface area contributed by atoms with Gasteiger partial charge in [0.15, 0.2) is 34.8 Å². The van der Waals surface area contributed by atoms with Gasteiger partial charge in [-0.3, -0.25) is 0 Å². The molecule has 0 fully saturated rings. The van der Waals surface area contributed by atoms with E-state index in [1.54, 1.807) is 0 Å². The summed E-state index contributed by atoms with van der Waals surface area (Å²) in [7, 11) is 0. The van der Waals surface area contributed by atoms with Crippen LogP contribution in [-0.4, -0.2) is 6.61 Å². The SMILES string of the molecule is C=CCOc1ccc(-c2ccc(-c3ccc(-c4ccc5cc(C=C)c(F)c(F)c5c4)c(F)c3F)cc2)c(F)c1F. The average molecular weight is 547 g/mol. The van der Waals surface area contributed by atoms with Crippen molar-refractivity contribution in [1.29, 1.82) is 0 Å². The molecule has 0 spiro atoms. The van der Waals surface area contributed by atoms with Gasteiger partial charge in [0.05, 0.1) is 0 Å². The van der Waals surface area contributed by atoms with Gasteiger partial charge in [-0.05, 0) is 46.3 Å². The average Bonchev–Trinajstić information content (AvgIpc) is 2.97. The number of hydrogen-bond acceptors (Lipinski definition) is 1. The van der Waals surface area contributed by atoms with Gasteiger partial charge >= 0.3 is 0 Å². The summed E-state index contributed by atoms with van der Waals surface area (Å²) in [6.07, 6.45) is 2.59. The lowest BCUT2D eigenvalue weighted by atomic mass is 9.95. The van der Waals surface area contributed by atoms with Gasteiger partial charge in [0.1, 0.15) is 6.61 Å². The number of ether oxygens (including phenoxy) is 1. The highest BCUT2D eigenvalue weighted by Crippen LogP contribution is 2.36. The number of rotatable bonds is 7. The minimum atomic E-state index is -1.17. The zero-order valence-electron chi connectivity index (χ0n) is 20.9. The van der Waals surface area contributed by atoms with Crippen LogP contribution in [0.5, 0.6) is 5.75 Å². The van der Waals surface area contributed by atoms with E-state index in [0.29, 0.717) is 16.5 Å². The molecule has 0 radical (unpaired) electrons. The number of hydrogen-bond donors (Lipinski definition) is 0. The van der Waals surface area contributed by atoms with Crippen LogP contribution in [0.4, 0.5) is 26.3 Å². The van der Waals surface area contributed by atoms with Crippen molar-refractivity contribution in [3.8, 4) is 39.1 Å². The molecule has 0 bridgehead atoms. The molecule has 5 aromatic rings. The van der Waals surface area contributed by atoms with Gasteiger partial charge in [-0.1, -0.05) is 73.8 Å². The van der Waals surface area contributed by atoms with E-state index in [1.165, 1.54) is 84.9 Å². The molecular formula is C33H20F6O. The van der Waals surface area contributed by atoms with Gasteiger partial charge < -0.3 is 4.74 Å². The minimum absolute atomic E-state index is 0.00670. The van der Waals surface area contributed by atoms with Crippen molar-refractivity contribution < 1.29 is 31.1 Å². The van der Waals surface area contributed by atoms with Crippen LogP contribution in [-0.2, 0) is 0 Å². The molecule has 0 unspecified atom stereocenters. The molecule has 0 N–H and O–H groups in total. The molecule has 1 nitrogen and oxygen atoms in total. The molecule has 5 rings (SSSR count). The second-order valence-corrected chi connectivity index (χ2v) is 8.94. The molecule has 0 heterocycles. The lowest BCUT2D eigenvalue weighted by molar-refractivity contribution is 0.333. The summed E-state index contributed by atoms with van der Waals surface area (Å²) in [4.78, 5) is 0. The van der Waals surface area contributed by atoms with Crippen LogP contribution in [0.2, 0.25) is 0 Å². The van der Waals surface area contributed by atoms with Crippen LogP contribution in [0.3, 0.4) is 0 Å². The summed E-state index contributed by atoms with van der Waals surface area (Å²) in [5, 5.41) is 0.300. The summed E-state index contributed by atoms with van der Waals surface area (Å²) in [6.45, 7) is 6.93. The normalized spacial score (nSPS) is 11.1. The molecule has 0 aliphatic carbocycles. The van der Waals surface area contributed by atoms with Crippen LogP contribution in [0.1, 0.15) is 5.56 Å². The quantitative estimate of drug-likeness (QED) is 0.146. The number of fused-ring (bicyclic) bond motifs is 1. The fourth-order valence-corrected chi connectivity index (χ4v) is 4.50. The lowest BCUT2D eigenvalue weighted by Crippen LogP contribution is -1.99. The van der Waals surface area contributed by atoms with Gasteiger partial charge in [0, 0.05) is 27.6 Å². The van der Waals surface area contributed by atoms with E-state index >= 15 is 8.78 Å². The maximum absolute atomic E-state index is 15.2. The zero-order chi connectivity index (χ0) is 28.6. The van der Waals surface area contributed by atoms with Crippen LogP contribution in [0.15, 0.2) is 92.0 Å². The summed E-state index contributed by atoms with van der Waals surface area (Å²) in [5.41, 5.74) is 0.531. The molecule has 0 saturated carbocycles. The summed E-state index contributed by atoms with van der Waals surface area (Å²) in [5.74, 6) is -7.02. The van der Waals surface area contributed by atoms with Crippen molar-refractivity contribution in [3.63, 3.8) is 0 Å². The highest BCUT2D eigenvalue weighted by atomic mass is 19.2. The van der Waals surface area contributed by atoms with E-state index in [9.17, 15) is 17.6 Å². The first-order valence-corrected chi connectivity index (χ1v) is 12.1. The third-order valence-electron chi connectivity index (χ3n) is 6.57. The fraction of sp³-hybridized carbons (Fsp3) is 0.0303. The summed E-state index contributed by atoms with van der Waals surface area (Å²) in [6, 6.07) is 16.8. The summed E-state index contributed by atoms with van der Waals surface area (Å²) < 4.78 is 93.5. The number of halogens is 6. The van der Waals surface area contributed by atoms with E-state index in [4.69, 9.17) is 4.74 Å². The van der Waals surface area contributed by atoms with Crippen molar-refractivity contribution in [2.24, 2.45) is 0 Å². The first kappa shape index (κ1) is 26.8. The smallest absolute Gasteiger partial charge is 0.201 e. The van der Waals surface area contributed by atoms with Crippen molar-refractivity contribution in [2.75, 3.05) is 6.61 Å². The molecule has 200 valence electrons. The van der Waals surface area contributed by atoms with Gasteiger partial charge in [0.2, 0.25) is 5.82 Å². The second kappa shape index (κ2) is 10.8. The second-order valence-electron chi connectivity index (χ2n) is 8.94. The van der Waals surface area contributed by atoms with E-state index in [-0.39, 0.29) is 45.6 Å². The molecule has 0 aliphatic heterocycles. The highest BCUT2D eigenvalue weighted by Gasteiger charge is 2.19. The Kier molecular flexibility index (Phi) is 7.22. The van der Waals surface area contributed by atoms with E-state index in [0.717, 1.165) is 0 Å². The molecule has 0 amide bonds. The van der Waals surface area contributed by atoms with Gasteiger partial charge in [-0.2, -0.15) is 4.39 Å². The standard InChI is InChI=1S/C33H20F6O/c1-3-15-40-27-14-13-24(31(37)33(27)39)20-7-5-19(6-8-20)23-11-12-25(30(36)29(23)35)22-10-9-21-16-18(4-2)28(34)32(38)26(21)17-22/h3-14,16-17H,1-2,15H2. The van der Waals surface area contributed by atoms with E-state index in [2.05, 4.69) is 13.2 Å². The maximum atomic E-state index is 15.2. The number of benzene rings is 5. The topological polar surface area (TPSA) is 9.23 Å². The summed E-state index contributed by atoms with van der Waals surface area (Å²) >= 11 is 0. The first-order chi connectivity index (χ1) is 19.2. The van der Waals surface area contributed by atoms with Gasteiger partial charge in [-0.15, -0.1) is 0 Å². The van der Waals surface area contributed by atoms with Crippen molar-refractivity contribution in [3.05, 3.63) is 132 Å². The Hall–Kier alpha value is -4.78. The Morgan fingerprint density at radius 1 is 0.550 bits per heavy atom. The maximum Gasteiger partial charge on any atom is 0.201 e. The molecule has 5 aromatic carbocycles. The molecule has 0 aliphatic rings. The van der Waals surface area contributed by atoms with Crippen LogP contribution in [0.25, 0.3) is 50.2 Å². The highest BCUT2D eigenvalue weighted by molar-refractivity contribution is 5.90. The van der Waals surface area contributed by atoms with Crippen molar-refractivity contribution in [2.45, 2.75) is 0 Å². The van der Waals surface area contributed by atoms with Gasteiger partial charge in [0.25, 0.3) is 0 Å². The third kappa shape index (κ3) is 4.64. The Morgan fingerprint density at radius 2 is 1.07 bits per heavy atom. The Balaban J connectivity index is 1.48. The van der Waals surface area contributed by atoms with Crippen LogP contribution >= 0.6 is 0 Å². The first-order valence-electron chi connectivity index (χ1n) is 12.1. The zero-order valence-corrected chi connectivity index (χ0v) is 20.9. The van der Waals surface area contributed by atoms with Crippen molar-refractivity contribution in [1.82, 2.24) is 0 Å². The minimum Gasteiger partial charge on any atom is -0.486 e. The molecule has 0 saturated heterocycles. The fourth-order valence-electron chi connectivity index (χ4n) is 4.50. The Morgan fingerprint density at radius 3 is 1.65 bits per heavy atom. The molecule has 40 heavy (non-hydrogen) atoms. The van der Waals surface area contributed by atoms with E-state index < -0.39 is 34.9 Å². The molecular weight excluding hydrogens is 526 g/mol. The van der Waals surface area contributed by atoms with Crippen LogP contribution < -0.4 is 4.74 Å². The largest absolute Gasteiger partial charge is 0.486 e. The molecule has 7 heteroatoms. The van der Waals surface area contributed by atoms with Crippen LogP contribution in [0, 0.1) is 34.9 Å².